The molecule has 4 rings (SSSR count). The van der Waals surface area contributed by atoms with Crippen molar-refractivity contribution in [2.75, 3.05) is 25.5 Å². The van der Waals surface area contributed by atoms with Crippen LogP contribution in [0, 0.1) is 13.8 Å². The number of rotatable bonds is 3. The van der Waals surface area contributed by atoms with Crippen LogP contribution in [0.1, 0.15) is 27.3 Å². The predicted octanol–water partition coefficient (Wildman–Crippen LogP) is 2.04. The van der Waals surface area contributed by atoms with E-state index < -0.39 is 10.0 Å². The SMILES string of the molecule is Cc1cc(C(=O)N2CCc3ccc(S(=O)(=O)N(C)C)cc32)c2c(C)nn(C)c2n1. The number of carbonyl (C=O) groups is 1. The van der Waals surface area contributed by atoms with E-state index in [0.717, 1.165) is 22.3 Å². The van der Waals surface area contributed by atoms with Crippen molar-refractivity contribution in [2.24, 2.45) is 7.05 Å². The van der Waals surface area contributed by atoms with Gasteiger partial charge in [0.15, 0.2) is 5.65 Å². The standard InChI is InChI=1S/C20H23N5O3S/c1-12-10-16(18-13(2)22-24(5)19(18)21-12)20(26)25-9-8-14-6-7-15(11-17(14)25)29(27,28)23(3)4/h6-7,10-11H,8-9H2,1-5H3. The third-order valence-corrected chi connectivity index (χ3v) is 7.11. The van der Waals surface area contributed by atoms with E-state index in [4.69, 9.17) is 0 Å². The molecule has 8 nitrogen and oxygen atoms in total. The minimum absolute atomic E-state index is 0.172. The number of aromatic nitrogens is 3. The molecule has 3 heterocycles. The Morgan fingerprint density at radius 1 is 1.17 bits per heavy atom. The minimum Gasteiger partial charge on any atom is -0.308 e. The zero-order valence-electron chi connectivity index (χ0n) is 17.1. The number of carbonyl (C=O) groups excluding carboxylic acids is 1. The Balaban J connectivity index is 1.84. The van der Waals surface area contributed by atoms with Crippen molar-refractivity contribution in [2.45, 2.75) is 25.2 Å². The molecule has 2 aromatic heterocycles. The molecule has 0 aliphatic carbocycles. The van der Waals surface area contributed by atoms with Crippen molar-refractivity contribution in [1.82, 2.24) is 19.1 Å². The highest BCUT2D eigenvalue weighted by Gasteiger charge is 2.30. The summed E-state index contributed by atoms with van der Waals surface area (Å²) in [4.78, 5) is 19.9. The largest absolute Gasteiger partial charge is 0.308 e. The second-order valence-corrected chi connectivity index (χ2v) is 9.66. The zero-order chi connectivity index (χ0) is 21.1. The fourth-order valence-electron chi connectivity index (χ4n) is 3.83. The molecule has 0 fully saturated rings. The van der Waals surface area contributed by atoms with Crippen molar-refractivity contribution < 1.29 is 13.2 Å². The number of pyridine rings is 1. The number of amides is 1. The van der Waals surface area contributed by atoms with Crippen LogP contribution in [0.5, 0.6) is 0 Å². The molecule has 0 atom stereocenters. The maximum atomic E-state index is 13.5. The first kappa shape index (κ1) is 19.5. The van der Waals surface area contributed by atoms with Crippen molar-refractivity contribution in [3.8, 4) is 0 Å². The van der Waals surface area contributed by atoms with E-state index in [0.29, 0.717) is 29.9 Å². The number of benzene rings is 1. The number of hydrogen-bond donors (Lipinski definition) is 0. The van der Waals surface area contributed by atoms with E-state index in [9.17, 15) is 13.2 Å². The first-order valence-electron chi connectivity index (χ1n) is 9.29. The molecule has 1 aliphatic rings. The maximum Gasteiger partial charge on any atom is 0.259 e. The summed E-state index contributed by atoms with van der Waals surface area (Å²) in [5.41, 5.74) is 4.26. The molecule has 1 aliphatic heterocycles. The highest BCUT2D eigenvalue weighted by molar-refractivity contribution is 7.89. The minimum atomic E-state index is -3.58. The predicted molar refractivity (Wildman–Crippen MR) is 111 cm³/mol. The molecule has 0 saturated carbocycles. The van der Waals surface area contributed by atoms with Crippen LogP contribution in [0.25, 0.3) is 11.0 Å². The average Bonchev–Trinajstić information content (AvgIpc) is 3.21. The molecule has 3 aromatic rings. The van der Waals surface area contributed by atoms with Crippen LogP contribution in [0.15, 0.2) is 29.2 Å². The molecule has 9 heteroatoms. The summed E-state index contributed by atoms with van der Waals surface area (Å²) in [6.07, 6.45) is 0.683. The van der Waals surface area contributed by atoms with Gasteiger partial charge >= 0.3 is 0 Å². The quantitative estimate of drug-likeness (QED) is 0.656. The van der Waals surface area contributed by atoms with Gasteiger partial charge in [-0.05, 0) is 44.0 Å². The van der Waals surface area contributed by atoms with E-state index in [1.165, 1.54) is 18.4 Å². The van der Waals surface area contributed by atoms with Gasteiger partial charge in [-0.2, -0.15) is 5.10 Å². The van der Waals surface area contributed by atoms with Crippen LogP contribution in [0.3, 0.4) is 0 Å². The first-order valence-corrected chi connectivity index (χ1v) is 10.7. The van der Waals surface area contributed by atoms with Gasteiger partial charge in [-0.15, -0.1) is 0 Å². The van der Waals surface area contributed by atoms with E-state index >= 15 is 0 Å². The van der Waals surface area contributed by atoms with E-state index in [2.05, 4.69) is 10.1 Å². The highest BCUT2D eigenvalue weighted by Crippen LogP contribution is 2.33. The molecular formula is C20H23N5O3S. The molecule has 0 unspecified atom stereocenters. The summed E-state index contributed by atoms with van der Waals surface area (Å²) in [5.74, 6) is -0.172. The van der Waals surface area contributed by atoms with Crippen LogP contribution < -0.4 is 4.90 Å². The molecule has 0 bridgehead atoms. The van der Waals surface area contributed by atoms with Gasteiger partial charge in [0, 0.05) is 39.1 Å². The monoisotopic (exact) mass is 413 g/mol. The number of anilines is 1. The van der Waals surface area contributed by atoms with Gasteiger partial charge in [0.2, 0.25) is 10.0 Å². The maximum absolute atomic E-state index is 13.5. The lowest BCUT2D eigenvalue weighted by Crippen LogP contribution is -2.29. The van der Waals surface area contributed by atoms with Crippen LogP contribution in [-0.2, 0) is 23.5 Å². The molecule has 152 valence electrons. The van der Waals surface area contributed by atoms with Crippen molar-refractivity contribution in [3.05, 3.63) is 46.8 Å². The molecule has 0 saturated heterocycles. The number of fused-ring (bicyclic) bond motifs is 2. The third-order valence-electron chi connectivity index (χ3n) is 5.30. The third kappa shape index (κ3) is 3.01. The Hall–Kier alpha value is -2.78. The molecule has 29 heavy (non-hydrogen) atoms. The summed E-state index contributed by atoms with van der Waals surface area (Å²) in [5, 5.41) is 5.14. The topological polar surface area (TPSA) is 88.4 Å². The molecule has 0 N–H and O–H groups in total. The van der Waals surface area contributed by atoms with Crippen molar-refractivity contribution >= 4 is 32.7 Å². The van der Waals surface area contributed by atoms with E-state index in [1.54, 1.807) is 40.9 Å². The van der Waals surface area contributed by atoms with Crippen LogP contribution >= 0.6 is 0 Å². The second kappa shape index (κ2) is 6.64. The van der Waals surface area contributed by atoms with Gasteiger partial charge in [-0.25, -0.2) is 17.7 Å². The smallest absolute Gasteiger partial charge is 0.259 e. The fraction of sp³-hybridized carbons (Fsp3) is 0.350. The van der Waals surface area contributed by atoms with Crippen molar-refractivity contribution in [1.29, 1.82) is 0 Å². The van der Waals surface area contributed by atoms with Crippen molar-refractivity contribution in [3.63, 3.8) is 0 Å². The van der Waals surface area contributed by atoms with Gasteiger partial charge in [0.1, 0.15) is 0 Å². The molecule has 0 spiro atoms. The average molecular weight is 414 g/mol. The summed E-state index contributed by atoms with van der Waals surface area (Å²) < 4.78 is 27.9. The van der Waals surface area contributed by atoms with Gasteiger partial charge in [-0.1, -0.05) is 6.07 Å². The fourth-order valence-corrected chi connectivity index (χ4v) is 4.75. The Labute approximate surface area is 169 Å². The van der Waals surface area contributed by atoms with E-state index in [-0.39, 0.29) is 10.8 Å². The number of nitrogens with zero attached hydrogens (tertiary/aromatic N) is 5. The second-order valence-electron chi connectivity index (χ2n) is 7.50. The van der Waals surface area contributed by atoms with Crippen LogP contribution in [-0.4, -0.2) is 54.0 Å². The lowest BCUT2D eigenvalue weighted by molar-refractivity contribution is 0.0990. The lowest BCUT2D eigenvalue weighted by Gasteiger charge is -2.20. The van der Waals surface area contributed by atoms with Gasteiger partial charge in [-0.3, -0.25) is 9.48 Å². The summed E-state index contributed by atoms with van der Waals surface area (Å²) in [6.45, 7) is 4.20. The Bertz CT molecular complexity index is 1260. The molecule has 1 amide bonds. The van der Waals surface area contributed by atoms with Crippen LogP contribution in [0.2, 0.25) is 0 Å². The number of hydrogen-bond acceptors (Lipinski definition) is 5. The van der Waals surface area contributed by atoms with Gasteiger partial charge in [0.25, 0.3) is 5.91 Å². The first-order chi connectivity index (χ1) is 13.6. The number of sulfonamides is 1. The van der Waals surface area contributed by atoms with Gasteiger partial charge in [0.05, 0.1) is 21.5 Å². The summed E-state index contributed by atoms with van der Waals surface area (Å²) >= 11 is 0. The summed E-state index contributed by atoms with van der Waals surface area (Å²) in [7, 11) is 1.21. The Morgan fingerprint density at radius 3 is 2.59 bits per heavy atom. The Morgan fingerprint density at radius 2 is 1.90 bits per heavy atom. The van der Waals surface area contributed by atoms with Crippen LogP contribution in [0.4, 0.5) is 5.69 Å². The number of aryl methyl sites for hydroxylation is 3. The normalized spacial score (nSPS) is 14.1. The molecule has 0 radical (unpaired) electrons. The summed E-state index contributed by atoms with van der Waals surface area (Å²) in [6, 6.07) is 6.76. The molecular weight excluding hydrogens is 390 g/mol. The lowest BCUT2D eigenvalue weighted by atomic mass is 10.1. The highest BCUT2D eigenvalue weighted by atomic mass is 32.2. The Kier molecular flexibility index (Phi) is 4.47. The zero-order valence-corrected chi connectivity index (χ0v) is 17.9. The van der Waals surface area contributed by atoms with E-state index in [1.807, 2.05) is 13.8 Å². The van der Waals surface area contributed by atoms with Gasteiger partial charge < -0.3 is 4.90 Å². The molecule has 1 aromatic carbocycles.